The highest BCUT2D eigenvalue weighted by Crippen LogP contribution is 2.22. The molecular weight excluding hydrogens is 332 g/mol. The van der Waals surface area contributed by atoms with Crippen molar-refractivity contribution in [2.75, 3.05) is 14.2 Å². The van der Waals surface area contributed by atoms with E-state index in [2.05, 4.69) is 10.5 Å². The molecule has 2 aromatic rings. The van der Waals surface area contributed by atoms with Crippen LogP contribution in [0.15, 0.2) is 53.7 Å². The highest BCUT2D eigenvalue weighted by Gasteiger charge is 2.17. The predicted molar refractivity (Wildman–Crippen MR) is 101 cm³/mol. The van der Waals surface area contributed by atoms with Gasteiger partial charge >= 0.3 is 0 Å². The number of amides is 1. The van der Waals surface area contributed by atoms with Gasteiger partial charge in [-0.15, -0.1) is 0 Å². The molecule has 1 N–H and O–H groups in total. The van der Waals surface area contributed by atoms with Gasteiger partial charge in [0.05, 0.1) is 6.10 Å². The number of carbonyl (C=O) groups is 1. The first-order chi connectivity index (χ1) is 12.5. The fourth-order valence-electron chi connectivity index (χ4n) is 2.37. The Hall–Kier alpha value is -3.02. The van der Waals surface area contributed by atoms with E-state index in [-0.39, 0.29) is 24.3 Å². The molecule has 0 spiro atoms. The maximum absolute atomic E-state index is 12.1. The topological polar surface area (TPSA) is 69.2 Å². The van der Waals surface area contributed by atoms with Gasteiger partial charge in [-0.1, -0.05) is 35.5 Å². The van der Waals surface area contributed by atoms with Gasteiger partial charge < -0.3 is 19.6 Å². The molecule has 0 aromatic heterocycles. The lowest BCUT2D eigenvalue weighted by Crippen LogP contribution is -2.29. The lowest BCUT2D eigenvalue weighted by atomic mass is 10.0. The Balaban J connectivity index is 2.21. The quantitative estimate of drug-likeness (QED) is 0.583. The van der Waals surface area contributed by atoms with Gasteiger partial charge in [0.1, 0.15) is 25.2 Å². The Kier molecular flexibility index (Phi) is 7.02. The second-order valence-corrected chi connectivity index (χ2v) is 5.79. The van der Waals surface area contributed by atoms with Crippen LogP contribution in [0.2, 0.25) is 0 Å². The summed E-state index contributed by atoms with van der Waals surface area (Å²) >= 11 is 0. The number of oxime groups is 1. The zero-order valence-corrected chi connectivity index (χ0v) is 15.5. The first-order valence-corrected chi connectivity index (χ1v) is 8.36. The molecule has 138 valence electrons. The van der Waals surface area contributed by atoms with Gasteiger partial charge in [-0.05, 0) is 31.5 Å². The van der Waals surface area contributed by atoms with E-state index in [9.17, 15) is 4.79 Å². The van der Waals surface area contributed by atoms with E-state index >= 15 is 0 Å². The first-order valence-electron chi connectivity index (χ1n) is 8.36. The molecule has 0 bridgehead atoms. The van der Waals surface area contributed by atoms with E-state index in [0.29, 0.717) is 11.3 Å². The molecule has 0 aliphatic carbocycles. The largest absolute Gasteiger partial charge is 0.491 e. The zero-order chi connectivity index (χ0) is 18.9. The molecule has 0 saturated carbocycles. The molecule has 0 heterocycles. The van der Waals surface area contributed by atoms with Crippen molar-refractivity contribution in [1.82, 2.24) is 5.32 Å². The van der Waals surface area contributed by atoms with Crippen LogP contribution in [0.3, 0.4) is 0 Å². The predicted octanol–water partition coefficient (Wildman–Crippen LogP) is 3.15. The van der Waals surface area contributed by atoms with Gasteiger partial charge in [0.25, 0.3) is 5.91 Å². The van der Waals surface area contributed by atoms with Crippen LogP contribution in [0.1, 0.15) is 25.0 Å². The standard InChI is InChI=1S/C20H24N2O4/c1-14(2)26-17-10-7-9-16(12-17)25-13-15-8-5-6-11-18(15)19(22-24-4)20(23)21-3/h5-12,14H,13H2,1-4H3,(H,21,23)/b22-19-. The minimum Gasteiger partial charge on any atom is -0.491 e. The molecule has 2 aromatic carbocycles. The number of hydrogen-bond acceptors (Lipinski definition) is 5. The van der Waals surface area contributed by atoms with Gasteiger partial charge in [-0.2, -0.15) is 0 Å². The minimum absolute atomic E-state index is 0.0892. The van der Waals surface area contributed by atoms with Crippen molar-refractivity contribution in [2.24, 2.45) is 5.16 Å². The maximum Gasteiger partial charge on any atom is 0.273 e. The third kappa shape index (κ3) is 5.24. The third-order valence-corrected chi connectivity index (χ3v) is 3.47. The van der Waals surface area contributed by atoms with Crippen molar-refractivity contribution < 1.29 is 19.1 Å². The van der Waals surface area contributed by atoms with Gasteiger partial charge in [-0.25, -0.2) is 0 Å². The molecule has 2 rings (SSSR count). The number of nitrogens with zero attached hydrogens (tertiary/aromatic N) is 1. The number of likely N-dealkylation sites (N-methyl/N-ethyl adjacent to an activating group) is 1. The Morgan fingerprint density at radius 1 is 1.12 bits per heavy atom. The summed E-state index contributed by atoms with van der Waals surface area (Å²) < 4.78 is 11.6. The minimum atomic E-state index is -0.327. The number of hydrogen-bond donors (Lipinski definition) is 1. The molecule has 0 fully saturated rings. The average Bonchev–Trinajstić information content (AvgIpc) is 2.64. The molecule has 26 heavy (non-hydrogen) atoms. The summed E-state index contributed by atoms with van der Waals surface area (Å²) in [4.78, 5) is 16.9. The van der Waals surface area contributed by atoms with Crippen molar-refractivity contribution in [3.05, 3.63) is 59.7 Å². The van der Waals surface area contributed by atoms with Crippen molar-refractivity contribution in [3.63, 3.8) is 0 Å². The normalized spacial score (nSPS) is 11.2. The maximum atomic E-state index is 12.1. The van der Waals surface area contributed by atoms with Crippen LogP contribution in [-0.2, 0) is 16.2 Å². The highest BCUT2D eigenvalue weighted by molar-refractivity contribution is 6.45. The number of rotatable bonds is 8. The monoisotopic (exact) mass is 356 g/mol. The van der Waals surface area contributed by atoms with E-state index in [1.54, 1.807) is 7.05 Å². The summed E-state index contributed by atoms with van der Waals surface area (Å²) in [5.74, 6) is 1.10. The number of ether oxygens (including phenoxy) is 2. The molecule has 6 nitrogen and oxygen atoms in total. The summed E-state index contributed by atoms with van der Waals surface area (Å²) in [5, 5.41) is 6.42. The molecule has 0 aliphatic rings. The van der Waals surface area contributed by atoms with E-state index in [0.717, 1.165) is 11.3 Å². The van der Waals surface area contributed by atoms with Crippen molar-refractivity contribution in [2.45, 2.75) is 26.6 Å². The SMILES string of the molecule is CNC(=O)/C(=N\OC)c1ccccc1COc1cccc(OC(C)C)c1. The van der Waals surface area contributed by atoms with Crippen LogP contribution in [0.5, 0.6) is 11.5 Å². The molecular formula is C20H24N2O4. The van der Waals surface area contributed by atoms with Gasteiger partial charge in [-0.3, -0.25) is 4.79 Å². The van der Waals surface area contributed by atoms with Crippen LogP contribution < -0.4 is 14.8 Å². The molecule has 6 heteroatoms. The average molecular weight is 356 g/mol. The number of carbonyl (C=O) groups excluding carboxylic acids is 1. The number of benzene rings is 2. The first kappa shape index (κ1) is 19.3. The molecule has 0 unspecified atom stereocenters. The summed E-state index contributed by atoms with van der Waals surface area (Å²) in [6.45, 7) is 4.22. The Morgan fingerprint density at radius 2 is 1.85 bits per heavy atom. The Morgan fingerprint density at radius 3 is 2.54 bits per heavy atom. The van der Waals surface area contributed by atoms with Gasteiger partial charge in [0.2, 0.25) is 0 Å². The summed E-state index contributed by atoms with van der Waals surface area (Å²) in [5.41, 5.74) is 1.68. The smallest absolute Gasteiger partial charge is 0.273 e. The van der Waals surface area contributed by atoms with E-state index in [1.807, 2.05) is 62.4 Å². The fraction of sp³-hybridized carbons (Fsp3) is 0.300. The summed E-state index contributed by atoms with van der Waals surface area (Å²) in [7, 11) is 2.95. The van der Waals surface area contributed by atoms with Crippen LogP contribution in [0.4, 0.5) is 0 Å². The van der Waals surface area contributed by atoms with E-state index < -0.39 is 0 Å². The molecule has 0 saturated heterocycles. The van der Waals surface area contributed by atoms with Crippen LogP contribution in [-0.4, -0.2) is 31.9 Å². The third-order valence-electron chi connectivity index (χ3n) is 3.47. The van der Waals surface area contributed by atoms with Gasteiger partial charge in [0.15, 0.2) is 5.71 Å². The van der Waals surface area contributed by atoms with Crippen LogP contribution in [0.25, 0.3) is 0 Å². The fourth-order valence-corrected chi connectivity index (χ4v) is 2.37. The van der Waals surface area contributed by atoms with Crippen molar-refractivity contribution in [1.29, 1.82) is 0 Å². The van der Waals surface area contributed by atoms with Crippen molar-refractivity contribution in [3.8, 4) is 11.5 Å². The van der Waals surface area contributed by atoms with Crippen LogP contribution in [0, 0.1) is 0 Å². The number of nitrogens with one attached hydrogen (secondary N) is 1. The lowest BCUT2D eigenvalue weighted by Gasteiger charge is -2.14. The second kappa shape index (κ2) is 9.46. The summed E-state index contributed by atoms with van der Waals surface area (Å²) in [6, 6.07) is 14.9. The zero-order valence-electron chi connectivity index (χ0n) is 15.5. The van der Waals surface area contributed by atoms with E-state index in [4.69, 9.17) is 14.3 Å². The molecule has 0 radical (unpaired) electrons. The Labute approximate surface area is 153 Å². The Bertz CT molecular complexity index is 772. The second-order valence-electron chi connectivity index (χ2n) is 5.79. The van der Waals surface area contributed by atoms with Crippen LogP contribution >= 0.6 is 0 Å². The molecule has 0 aliphatic heterocycles. The summed E-state index contributed by atoms with van der Waals surface area (Å²) in [6.07, 6.45) is 0.0892. The molecule has 1 amide bonds. The van der Waals surface area contributed by atoms with E-state index in [1.165, 1.54) is 7.11 Å². The highest BCUT2D eigenvalue weighted by atomic mass is 16.6. The lowest BCUT2D eigenvalue weighted by molar-refractivity contribution is -0.114. The molecule has 0 atom stereocenters. The van der Waals surface area contributed by atoms with Gasteiger partial charge in [0, 0.05) is 18.7 Å². The van der Waals surface area contributed by atoms with Crippen molar-refractivity contribution >= 4 is 11.6 Å².